The lowest BCUT2D eigenvalue weighted by Gasteiger charge is -2.06. The molecule has 3 aromatic rings. The molecule has 0 aliphatic rings. The van der Waals surface area contributed by atoms with E-state index in [9.17, 15) is 9.59 Å². The minimum atomic E-state index is -0.461. The number of ether oxygens (including phenoxy) is 1. The molecule has 7 nitrogen and oxygen atoms in total. The van der Waals surface area contributed by atoms with Gasteiger partial charge in [0, 0.05) is 17.7 Å². The predicted molar refractivity (Wildman–Crippen MR) is 83.7 cm³/mol. The molecule has 0 spiro atoms. The van der Waals surface area contributed by atoms with Gasteiger partial charge >= 0.3 is 5.97 Å². The predicted octanol–water partition coefficient (Wildman–Crippen LogP) is 2.42. The first-order valence-electron chi connectivity index (χ1n) is 6.58. The standard InChI is InChI=1S/C15H11ClN4O3/c1-23-15(22)10-4-2-9(3-5-10)14(21)19-12-8-11(16)20-13(18-12)6-7-17-20/h2-8H,1H3,(H,18,19,21). The number of anilines is 1. The van der Waals surface area contributed by atoms with Gasteiger partial charge in [-0.05, 0) is 24.3 Å². The Labute approximate surface area is 135 Å². The van der Waals surface area contributed by atoms with Gasteiger partial charge in [0.1, 0.15) is 11.0 Å². The number of nitrogens with zero attached hydrogens (tertiary/aromatic N) is 3. The van der Waals surface area contributed by atoms with Crippen LogP contribution in [-0.4, -0.2) is 33.6 Å². The number of hydrogen-bond acceptors (Lipinski definition) is 5. The van der Waals surface area contributed by atoms with Gasteiger partial charge in [-0.25, -0.2) is 14.3 Å². The van der Waals surface area contributed by atoms with Crippen LogP contribution in [0.4, 0.5) is 5.82 Å². The molecule has 2 aromatic heterocycles. The molecule has 1 amide bonds. The number of amides is 1. The van der Waals surface area contributed by atoms with Gasteiger partial charge in [0.15, 0.2) is 5.65 Å². The highest BCUT2D eigenvalue weighted by atomic mass is 35.5. The normalized spacial score (nSPS) is 10.5. The minimum Gasteiger partial charge on any atom is -0.465 e. The van der Waals surface area contributed by atoms with Crippen LogP contribution in [0.2, 0.25) is 5.15 Å². The van der Waals surface area contributed by atoms with E-state index in [0.717, 1.165) is 0 Å². The number of carbonyl (C=O) groups excluding carboxylic acids is 2. The molecule has 1 aromatic carbocycles. The molecule has 0 fully saturated rings. The Hall–Kier alpha value is -2.93. The summed E-state index contributed by atoms with van der Waals surface area (Å²) in [6.45, 7) is 0. The van der Waals surface area contributed by atoms with E-state index in [1.807, 2.05) is 0 Å². The molecule has 0 radical (unpaired) electrons. The van der Waals surface area contributed by atoms with Crippen molar-refractivity contribution in [1.29, 1.82) is 0 Å². The van der Waals surface area contributed by atoms with Crippen LogP contribution in [0.15, 0.2) is 42.6 Å². The van der Waals surface area contributed by atoms with Gasteiger partial charge in [-0.15, -0.1) is 0 Å². The van der Waals surface area contributed by atoms with Crippen molar-refractivity contribution in [3.63, 3.8) is 0 Å². The molecule has 116 valence electrons. The number of nitrogens with one attached hydrogen (secondary N) is 1. The van der Waals surface area contributed by atoms with Crippen molar-refractivity contribution in [2.75, 3.05) is 12.4 Å². The fourth-order valence-electron chi connectivity index (χ4n) is 2.00. The number of aromatic nitrogens is 3. The van der Waals surface area contributed by atoms with Crippen LogP contribution in [0.3, 0.4) is 0 Å². The summed E-state index contributed by atoms with van der Waals surface area (Å²) < 4.78 is 6.05. The summed E-state index contributed by atoms with van der Waals surface area (Å²) in [6, 6.07) is 9.26. The third kappa shape index (κ3) is 3.00. The quantitative estimate of drug-likeness (QED) is 0.589. The first-order valence-corrected chi connectivity index (χ1v) is 6.96. The minimum absolute atomic E-state index is 0.310. The number of benzene rings is 1. The monoisotopic (exact) mass is 330 g/mol. The van der Waals surface area contributed by atoms with E-state index in [-0.39, 0.29) is 5.91 Å². The Balaban J connectivity index is 1.81. The number of carbonyl (C=O) groups is 2. The lowest BCUT2D eigenvalue weighted by atomic mass is 10.1. The van der Waals surface area contributed by atoms with Crippen molar-refractivity contribution in [1.82, 2.24) is 14.6 Å². The lowest BCUT2D eigenvalue weighted by Crippen LogP contribution is -2.14. The van der Waals surface area contributed by atoms with Gasteiger partial charge in [-0.1, -0.05) is 11.6 Å². The van der Waals surface area contributed by atoms with Crippen molar-refractivity contribution in [3.05, 3.63) is 58.9 Å². The average molecular weight is 331 g/mol. The maximum atomic E-state index is 12.2. The summed E-state index contributed by atoms with van der Waals surface area (Å²) in [5.41, 5.74) is 1.27. The zero-order chi connectivity index (χ0) is 16.4. The van der Waals surface area contributed by atoms with Crippen LogP contribution < -0.4 is 5.32 Å². The molecular weight excluding hydrogens is 320 g/mol. The maximum Gasteiger partial charge on any atom is 0.337 e. The molecule has 0 atom stereocenters. The highest BCUT2D eigenvalue weighted by Gasteiger charge is 2.11. The zero-order valence-electron chi connectivity index (χ0n) is 12.0. The van der Waals surface area contributed by atoms with E-state index < -0.39 is 5.97 Å². The Morgan fingerprint density at radius 1 is 1.17 bits per heavy atom. The second kappa shape index (κ2) is 6.05. The smallest absolute Gasteiger partial charge is 0.337 e. The van der Waals surface area contributed by atoms with E-state index >= 15 is 0 Å². The number of fused-ring (bicyclic) bond motifs is 1. The summed E-state index contributed by atoms with van der Waals surface area (Å²) >= 11 is 6.06. The van der Waals surface area contributed by atoms with Crippen molar-refractivity contribution in [3.8, 4) is 0 Å². The highest BCUT2D eigenvalue weighted by Crippen LogP contribution is 2.16. The van der Waals surface area contributed by atoms with Crippen molar-refractivity contribution in [2.45, 2.75) is 0 Å². The highest BCUT2D eigenvalue weighted by molar-refractivity contribution is 6.30. The molecule has 0 saturated carbocycles. The number of hydrogen-bond donors (Lipinski definition) is 1. The molecule has 8 heteroatoms. The SMILES string of the molecule is COC(=O)c1ccc(C(=O)Nc2cc(Cl)n3nccc3n2)cc1. The molecule has 1 N–H and O–H groups in total. The summed E-state index contributed by atoms with van der Waals surface area (Å²) in [6.07, 6.45) is 1.56. The Morgan fingerprint density at radius 2 is 1.87 bits per heavy atom. The van der Waals surface area contributed by atoms with Gasteiger partial charge in [0.05, 0.1) is 18.9 Å². The third-order valence-electron chi connectivity index (χ3n) is 3.13. The lowest BCUT2D eigenvalue weighted by molar-refractivity contribution is 0.0600. The number of esters is 1. The Bertz CT molecular complexity index is 889. The third-order valence-corrected chi connectivity index (χ3v) is 3.39. The van der Waals surface area contributed by atoms with Crippen molar-refractivity contribution in [2.24, 2.45) is 0 Å². The van der Waals surface area contributed by atoms with Crippen molar-refractivity contribution >= 4 is 34.9 Å². The molecular formula is C15H11ClN4O3. The fraction of sp³-hybridized carbons (Fsp3) is 0.0667. The first kappa shape index (κ1) is 15.0. The van der Waals surface area contributed by atoms with E-state index in [2.05, 4.69) is 20.1 Å². The number of methoxy groups -OCH3 is 1. The molecule has 0 bridgehead atoms. The van der Waals surface area contributed by atoms with E-state index in [1.54, 1.807) is 12.3 Å². The van der Waals surface area contributed by atoms with Gasteiger partial charge in [-0.3, -0.25) is 4.79 Å². The van der Waals surface area contributed by atoms with Gasteiger partial charge in [0.25, 0.3) is 5.91 Å². The van der Waals surface area contributed by atoms with Crippen LogP contribution in [0, 0.1) is 0 Å². The van der Waals surface area contributed by atoms with E-state index in [4.69, 9.17) is 11.6 Å². The molecule has 0 aliphatic heterocycles. The van der Waals surface area contributed by atoms with Crippen LogP contribution in [0.1, 0.15) is 20.7 Å². The van der Waals surface area contributed by atoms with Crippen LogP contribution >= 0.6 is 11.6 Å². The fourth-order valence-corrected chi connectivity index (χ4v) is 2.24. The summed E-state index contributed by atoms with van der Waals surface area (Å²) in [5, 5.41) is 6.98. The molecule has 0 saturated heterocycles. The van der Waals surface area contributed by atoms with E-state index in [0.29, 0.717) is 27.7 Å². The van der Waals surface area contributed by atoms with E-state index in [1.165, 1.54) is 42.0 Å². The van der Waals surface area contributed by atoms with Crippen LogP contribution in [0.5, 0.6) is 0 Å². The molecule has 23 heavy (non-hydrogen) atoms. The van der Waals surface area contributed by atoms with Crippen molar-refractivity contribution < 1.29 is 14.3 Å². The molecule has 3 rings (SSSR count). The molecule has 0 aliphatic carbocycles. The average Bonchev–Trinajstić information content (AvgIpc) is 3.03. The van der Waals surface area contributed by atoms with Crippen LogP contribution in [-0.2, 0) is 4.74 Å². The summed E-state index contributed by atoms with van der Waals surface area (Å²) in [4.78, 5) is 27.8. The van der Waals surface area contributed by atoms with Crippen LogP contribution in [0.25, 0.3) is 5.65 Å². The topological polar surface area (TPSA) is 85.6 Å². The number of rotatable bonds is 3. The first-order chi connectivity index (χ1) is 11.1. The maximum absolute atomic E-state index is 12.2. The second-order valence-electron chi connectivity index (χ2n) is 4.59. The van der Waals surface area contributed by atoms with Gasteiger partial charge in [0.2, 0.25) is 0 Å². The largest absolute Gasteiger partial charge is 0.465 e. The number of halogens is 1. The molecule has 2 heterocycles. The summed E-state index contributed by atoms with van der Waals surface area (Å²) in [5.74, 6) is -0.518. The molecule has 0 unspecified atom stereocenters. The van der Waals surface area contributed by atoms with Gasteiger partial charge < -0.3 is 10.1 Å². The van der Waals surface area contributed by atoms with Gasteiger partial charge in [-0.2, -0.15) is 5.10 Å². The zero-order valence-corrected chi connectivity index (χ0v) is 12.7. The Morgan fingerprint density at radius 3 is 2.57 bits per heavy atom. The summed E-state index contributed by atoms with van der Waals surface area (Å²) in [7, 11) is 1.30. The Kier molecular flexibility index (Phi) is 3.94. The second-order valence-corrected chi connectivity index (χ2v) is 4.98.